The molecule has 100 valence electrons. The van der Waals surface area contributed by atoms with Gasteiger partial charge < -0.3 is 9.64 Å². The summed E-state index contributed by atoms with van der Waals surface area (Å²) in [6.45, 7) is 0.501. The number of rotatable bonds is 5. The van der Waals surface area contributed by atoms with Crippen molar-refractivity contribution in [1.29, 1.82) is 0 Å². The van der Waals surface area contributed by atoms with E-state index in [-0.39, 0.29) is 5.91 Å². The Kier molecular flexibility index (Phi) is 4.52. The van der Waals surface area contributed by atoms with Gasteiger partial charge in [-0.25, -0.2) is 4.98 Å². The van der Waals surface area contributed by atoms with Crippen molar-refractivity contribution < 1.29 is 9.53 Å². The van der Waals surface area contributed by atoms with Gasteiger partial charge in [-0.1, -0.05) is 12.1 Å². The molecule has 19 heavy (non-hydrogen) atoms. The molecule has 0 aliphatic heterocycles. The molecule has 0 unspecified atom stereocenters. The number of carbonyl (C=O) groups is 1. The molecular formula is C14H16N2O2S. The third-order valence-corrected chi connectivity index (χ3v) is 3.66. The molecule has 0 aliphatic carbocycles. The fourth-order valence-corrected chi connectivity index (χ4v) is 2.46. The first kappa shape index (κ1) is 13.5. The first-order valence-electron chi connectivity index (χ1n) is 5.95. The quantitative estimate of drug-likeness (QED) is 0.842. The molecule has 2 aromatic rings. The van der Waals surface area contributed by atoms with E-state index < -0.39 is 0 Å². The number of nitrogens with zero attached hydrogens (tertiary/aromatic N) is 2. The van der Waals surface area contributed by atoms with Crippen LogP contribution in [0, 0.1) is 0 Å². The fraction of sp³-hybridized carbons (Fsp3) is 0.286. The van der Waals surface area contributed by atoms with E-state index in [2.05, 4.69) is 4.98 Å². The van der Waals surface area contributed by atoms with Crippen molar-refractivity contribution in [3.63, 3.8) is 0 Å². The lowest BCUT2D eigenvalue weighted by Gasteiger charge is -2.18. The predicted molar refractivity (Wildman–Crippen MR) is 75.3 cm³/mol. The molecule has 0 radical (unpaired) electrons. The Hall–Kier alpha value is -1.88. The molecule has 0 fully saturated rings. The summed E-state index contributed by atoms with van der Waals surface area (Å²) in [7, 11) is 3.38. The molecule has 1 amide bonds. The highest BCUT2D eigenvalue weighted by Gasteiger charge is 2.13. The molecule has 2 rings (SSSR count). The number of hydrogen-bond acceptors (Lipinski definition) is 4. The molecule has 0 bridgehead atoms. The molecule has 4 nitrogen and oxygen atoms in total. The minimum Gasteiger partial charge on any atom is -0.481 e. The largest absolute Gasteiger partial charge is 0.481 e. The number of ether oxygens (including phenoxy) is 1. The van der Waals surface area contributed by atoms with Gasteiger partial charge in [0.15, 0.2) is 0 Å². The van der Waals surface area contributed by atoms with Gasteiger partial charge in [0.2, 0.25) is 11.8 Å². The molecule has 5 heteroatoms. The zero-order valence-corrected chi connectivity index (χ0v) is 11.8. The third kappa shape index (κ3) is 3.54. The minimum absolute atomic E-state index is 0.0911. The van der Waals surface area contributed by atoms with E-state index in [9.17, 15) is 4.79 Å². The predicted octanol–water partition coefficient (Wildman–Crippen LogP) is 2.35. The van der Waals surface area contributed by atoms with Crippen LogP contribution in [0.1, 0.15) is 10.4 Å². The topological polar surface area (TPSA) is 42.4 Å². The highest BCUT2D eigenvalue weighted by molar-refractivity contribution is 7.10. The molecule has 2 heterocycles. The van der Waals surface area contributed by atoms with Gasteiger partial charge >= 0.3 is 0 Å². The Morgan fingerprint density at radius 2 is 2.26 bits per heavy atom. The minimum atomic E-state index is 0.0911. The number of likely N-dealkylation sites (N-methyl/N-ethyl adjacent to an activating group) is 1. The van der Waals surface area contributed by atoms with E-state index in [1.807, 2.05) is 29.6 Å². The van der Waals surface area contributed by atoms with Crippen LogP contribution in [0.3, 0.4) is 0 Å². The van der Waals surface area contributed by atoms with Crippen LogP contribution >= 0.6 is 11.3 Å². The normalized spacial score (nSPS) is 10.2. The van der Waals surface area contributed by atoms with Crippen molar-refractivity contribution >= 4 is 17.2 Å². The van der Waals surface area contributed by atoms with Gasteiger partial charge in [0.25, 0.3) is 0 Å². The van der Waals surface area contributed by atoms with Crippen molar-refractivity contribution in [3.8, 4) is 5.88 Å². The lowest BCUT2D eigenvalue weighted by molar-refractivity contribution is -0.129. The summed E-state index contributed by atoms with van der Waals surface area (Å²) in [5.41, 5.74) is 0.909. The number of methoxy groups -OCH3 is 1. The summed E-state index contributed by atoms with van der Waals surface area (Å²) in [5.74, 6) is 0.659. The summed E-state index contributed by atoms with van der Waals surface area (Å²) in [6, 6.07) is 7.69. The summed E-state index contributed by atoms with van der Waals surface area (Å²) < 4.78 is 5.18. The van der Waals surface area contributed by atoms with Crippen LogP contribution in [0.25, 0.3) is 0 Å². The Morgan fingerprint density at radius 1 is 1.42 bits per heavy atom. The lowest BCUT2D eigenvalue weighted by atomic mass is 10.2. The Balaban J connectivity index is 2.00. The summed E-state index contributed by atoms with van der Waals surface area (Å²) in [6.07, 6.45) is 2.12. The van der Waals surface area contributed by atoms with Crippen LogP contribution in [-0.2, 0) is 17.8 Å². The van der Waals surface area contributed by atoms with Gasteiger partial charge in [-0.2, -0.15) is 0 Å². The second-order valence-electron chi connectivity index (χ2n) is 4.18. The van der Waals surface area contributed by atoms with Crippen molar-refractivity contribution in [2.75, 3.05) is 14.2 Å². The maximum atomic E-state index is 12.1. The molecule has 0 spiro atoms. The average molecular weight is 276 g/mol. The van der Waals surface area contributed by atoms with Crippen molar-refractivity contribution in [1.82, 2.24) is 9.88 Å². The molecule has 0 saturated heterocycles. The summed E-state index contributed by atoms with van der Waals surface area (Å²) in [5, 5.41) is 1.98. The SMILES string of the molecule is COc1ncccc1CN(C)C(=O)Cc1cccs1. The van der Waals surface area contributed by atoms with Gasteiger partial charge in [-0.3, -0.25) is 4.79 Å². The van der Waals surface area contributed by atoms with Crippen molar-refractivity contribution in [2.45, 2.75) is 13.0 Å². The third-order valence-electron chi connectivity index (χ3n) is 2.78. The van der Waals surface area contributed by atoms with E-state index >= 15 is 0 Å². The van der Waals surface area contributed by atoms with Crippen molar-refractivity contribution in [2.24, 2.45) is 0 Å². The maximum absolute atomic E-state index is 12.1. The number of pyridine rings is 1. The number of hydrogen-bond donors (Lipinski definition) is 0. The lowest BCUT2D eigenvalue weighted by Crippen LogP contribution is -2.27. The Bertz CT molecular complexity index is 540. The fourth-order valence-electron chi connectivity index (χ4n) is 1.77. The van der Waals surface area contributed by atoms with Crippen LogP contribution in [0.5, 0.6) is 5.88 Å². The maximum Gasteiger partial charge on any atom is 0.227 e. The van der Waals surface area contributed by atoms with Crippen LogP contribution in [0.15, 0.2) is 35.8 Å². The van der Waals surface area contributed by atoms with Gasteiger partial charge in [-0.05, 0) is 17.5 Å². The van der Waals surface area contributed by atoms with E-state index in [0.29, 0.717) is 18.8 Å². The average Bonchev–Trinajstić information content (AvgIpc) is 2.92. The standard InChI is InChI=1S/C14H16N2O2S/c1-16(13(17)9-12-6-4-8-19-12)10-11-5-3-7-15-14(11)18-2/h3-8H,9-10H2,1-2H3. The van der Waals surface area contributed by atoms with Crippen LogP contribution in [0.2, 0.25) is 0 Å². The second kappa shape index (κ2) is 6.33. The number of thiophene rings is 1. The smallest absolute Gasteiger partial charge is 0.227 e. The Morgan fingerprint density at radius 3 is 2.95 bits per heavy atom. The van der Waals surface area contributed by atoms with E-state index in [1.54, 1.807) is 36.6 Å². The number of aromatic nitrogens is 1. The van der Waals surface area contributed by atoms with E-state index in [4.69, 9.17) is 4.74 Å². The first-order chi connectivity index (χ1) is 9.20. The molecule has 0 N–H and O–H groups in total. The Labute approximate surface area is 116 Å². The first-order valence-corrected chi connectivity index (χ1v) is 6.83. The van der Waals surface area contributed by atoms with Crippen LogP contribution in [0.4, 0.5) is 0 Å². The summed E-state index contributed by atoms with van der Waals surface area (Å²) >= 11 is 1.60. The zero-order valence-electron chi connectivity index (χ0n) is 11.0. The molecule has 0 saturated carbocycles. The highest BCUT2D eigenvalue weighted by Crippen LogP contribution is 2.16. The zero-order chi connectivity index (χ0) is 13.7. The molecule has 0 aromatic carbocycles. The number of amides is 1. The molecule has 0 aliphatic rings. The van der Waals surface area contributed by atoms with Crippen LogP contribution < -0.4 is 4.74 Å². The molecule has 2 aromatic heterocycles. The van der Waals surface area contributed by atoms with Crippen LogP contribution in [-0.4, -0.2) is 29.9 Å². The summed E-state index contributed by atoms with van der Waals surface area (Å²) in [4.78, 5) is 19.0. The highest BCUT2D eigenvalue weighted by atomic mass is 32.1. The monoisotopic (exact) mass is 276 g/mol. The van der Waals surface area contributed by atoms with E-state index in [0.717, 1.165) is 10.4 Å². The second-order valence-corrected chi connectivity index (χ2v) is 5.21. The molecule has 0 atom stereocenters. The molecular weight excluding hydrogens is 260 g/mol. The van der Waals surface area contributed by atoms with Gasteiger partial charge in [0, 0.05) is 23.7 Å². The van der Waals surface area contributed by atoms with Gasteiger partial charge in [0.05, 0.1) is 20.1 Å². The van der Waals surface area contributed by atoms with Crippen molar-refractivity contribution in [3.05, 3.63) is 46.3 Å². The number of carbonyl (C=O) groups excluding carboxylic acids is 1. The van der Waals surface area contributed by atoms with E-state index in [1.165, 1.54) is 0 Å². The van der Waals surface area contributed by atoms with Gasteiger partial charge in [0.1, 0.15) is 0 Å². The van der Waals surface area contributed by atoms with Gasteiger partial charge in [-0.15, -0.1) is 11.3 Å².